The number of hydrogen-bond donors (Lipinski definition) is 3. The molecule has 0 unspecified atom stereocenters. The van der Waals surface area contributed by atoms with Crippen molar-refractivity contribution in [1.29, 1.82) is 0 Å². The molecule has 30 heavy (non-hydrogen) atoms. The van der Waals surface area contributed by atoms with Crippen molar-refractivity contribution in [1.82, 2.24) is 5.32 Å². The summed E-state index contributed by atoms with van der Waals surface area (Å²) in [7, 11) is 0. The molecular formula is C23H29N3O4. The number of alkyl carbamates (subject to hydrolysis) is 1. The second kappa shape index (κ2) is 10.4. The lowest BCUT2D eigenvalue weighted by Crippen LogP contribution is -2.34. The average Bonchev–Trinajstić information content (AvgIpc) is 2.62. The van der Waals surface area contributed by atoms with Gasteiger partial charge in [0.25, 0.3) is 0 Å². The fourth-order valence-corrected chi connectivity index (χ4v) is 2.67. The van der Waals surface area contributed by atoms with Gasteiger partial charge < -0.3 is 20.7 Å². The van der Waals surface area contributed by atoms with Gasteiger partial charge in [0.05, 0.1) is 6.42 Å². The predicted octanol–water partition coefficient (Wildman–Crippen LogP) is 4.03. The third-order valence-corrected chi connectivity index (χ3v) is 3.92. The third-order valence-electron chi connectivity index (χ3n) is 3.92. The van der Waals surface area contributed by atoms with Gasteiger partial charge in [-0.15, -0.1) is 0 Å². The highest BCUT2D eigenvalue weighted by atomic mass is 16.6. The Bertz CT molecular complexity index is 886. The molecule has 0 saturated carbocycles. The maximum absolute atomic E-state index is 12.2. The lowest BCUT2D eigenvalue weighted by Gasteiger charge is -2.19. The van der Waals surface area contributed by atoms with E-state index in [1.165, 1.54) is 0 Å². The molecule has 7 heteroatoms. The number of hydrogen-bond acceptors (Lipinski definition) is 4. The molecule has 3 N–H and O–H groups in total. The van der Waals surface area contributed by atoms with Crippen molar-refractivity contribution in [2.24, 2.45) is 0 Å². The van der Waals surface area contributed by atoms with Crippen LogP contribution < -0.4 is 16.0 Å². The number of carbonyl (C=O) groups is 3. The molecule has 0 heterocycles. The number of ether oxygens (including phenoxy) is 1. The van der Waals surface area contributed by atoms with E-state index in [0.29, 0.717) is 17.8 Å². The Balaban J connectivity index is 1.75. The molecule has 0 aliphatic heterocycles. The standard InChI is InChI=1S/C23H29N3O4/c1-16-6-5-7-17(14-16)15-21(28)26-19-10-8-18(9-11-19)25-20(27)12-13-24-22(29)30-23(2,3)4/h5-11,14H,12-13,15H2,1-4H3,(H,24,29)(H,25,27)(H,26,28). The zero-order chi connectivity index (χ0) is 22.1. The van der Waals surface area contributed by atoms with Crippen LogP contribution in [0.3, 0.4) is 0 Å². The SMILES string of the molecule is Cc1cccc(CC(=O)Nc2ccc(NC(=O)CCNC(=O)OC(C)(C)C)cc2)c1. The summed E-state index contributed by atoms with van der Waals surface area (Å²) in [6, 6.07) is 14.7. The molecule has 0 atom stereocenters. The summed E-state index contributed by atoms with van der Waals surface area (Å²) in [5, 5.41) is 8.13. The smallest absolute Gasteiger partial charge is 0.407 e. The van der Waals surface area contributed by atoms with Gasteiger partial charge in [0.1, 0.15) is 5.60 Å². The van der Waals surface area contributed by atoms with Gasteiger partial charge in [-0.1, -0.05) is 29.8 Å². The molecule has 0 aliphatic carbocycles. The van der Waals surface area contributed by atoms with E-state index in [9.17, 15) is 14.4 Å². The van der Waals surface area contributed by atoms with Gasteiger partial charge >= 0.3 is 6.09 Å². The Morgan fingerprint density at radius 1 is 0.900 bits per heavy atom. The minimum atomic E-state index is -0.580. The second-order valence-electron chi connectivity index (χ2n) is 8.02. The van der Waals surface area contributed by atoms with Gasteiger partial charge in [0.15, 0.2) is 0 Å². The number of benzene rings is 2. The lowest BCUT2D eigenvalue weighted by atomic mass is 10.1. The Hall–Kier alpha value is -3.35. The maximum atomic E-state index is 12.2. The fourth-order valence-electron chi connectivity index (χ4n) is 2.67. The Labute approximate surface area is 177 Å². The molecule has 0 spiro atoms. The summed E-state index contributed by atoms with van der Waals surface area (Å²) in [5.74, 6) is -0.340. The summed E-state index contributed by atoms with van der Waals surface area (Å²) < 4.78 is 5.11. The van der Waals surface area contributed by atoms with Crippen molar-refractivity contribution in [2.75, 3.05) is 17.2 Å². The summed E-state index contributed by atoms with van der Waals surface area (Å²) >= 11 is 0. The van der Waals surface area contributed by atoms with E-state index in [-0.39, 0.29) is 24.8 Å². The lowest BCUT2D eigenvalue weighted by molar-refractivity contribution is -0.116. The molecule has 2 aromatic carbocycles. The summed E-state index contributed by atoms with van der Waals surface area (Å²) in [4.78, 5) is 35.7. The van der Waals surface area contributed by atoms with Crippen molar-refractivity contribution in [3.8, 4) is 0 Å². The van der Waals surface area contributed by atoms with E-state index < -0.39 is 11.7 Å². The van der Waals surface area contributed by atoms with E-state index in [4.69, 9.17) is 4.74 Å². The van der Waals surface area contributed by atoms with Crippen LogP contribution in [-0.2, 0) is 20.7 Å². The van der Waals surface area contributed by atoms with E-state index in [2.05, 4.69) is 16.0 Å². The van der Waals surface area contributed by atoms with E-state index >= 15 is 0 Å². The summed E-state index contributed by atoms with van der Waals surface area (Å²) in [5.41, 5.74) is 2.74. The number of anilines is 2. The first-order valence-corrected chi connectivity index (χ1v) is 9.83. The molecule has 3 amide bonds. The van der Waals surface area contributed by atoms with Crippen LogP contribution in [0.2, 0.25) is 0 Å². The minimum absolute atomic E-state index is 0.106. The average molecular weight is 412 g/mol. The van der Waals surface area contributed by atoms with Crippen LogP contribution in [0.5, 0.6) is 0 Å². The quantitative estimate of drug-likeness (QED) is 0.641. The highest BCUT2D eigenvalue weighted by Crippen LogP contribution is 2.15. The molecule has 0 aliphatic rings. The molecule has 160 valence electrons. The largest absolute Gasteiger partial charge is 0.444 e. The topological polar surface area (TPSA) is 96.5 Å². The molecule has 0 radical (unpaired) electrons. The van der Waals surface area contributed by atoms with Crippen LogP contribution in [0.1, 0.15) is 38.3 Å². The first kappa shape index (κ1) is 22.9. The zero-order valence-corrected chi connectivity index (χ0v) is 17.9. The van der Waals surface area contributed by atoms with Gasteiger partial charge in [-0.3, -0.25) is 9.59 Å². The molecule has 0 saturated heterocycles. The molecule has 2 aromatic rings. The van der Waals surface area contributed by atoms with Crippen molar-refractivity contribution in [3.05, 3.63) is 59.7 Å². The van der Waals surface area contributed by atoms with Crippen molar-refractivity contribution in [3.63, 3.8) is 0 Å². The first-order chi connectivity index (χ1) is 14.1. The van der Waals surface area contributed by atoms with Crippen molar-refractivity contribution >= 4 is 29.3 Å². The van der Waals surface area contributed by atoms with Gasteiger partial charge in [-0.2, -0.15) is 0 Å². The molecule has 2 rings (SSSR count). The van der Waals surface area contributed by atoms with E-state index in [0.717, 1.165) is 11.1 Å². The van der Waals surface area contributed by atoms with Gasteiger partial charge in [-0.25, -0.2) is 4.79 Å². The van der Waals surface area contributed by atoms with E-state index in [1.54, 1.807) is 45.0 Å². The van der Waals surface area contributed by atoms with Crippen LogP contribution in [0.15, 0.2) is 48.5 Å². The van der Waals surface area contributed by atoms with Crippen molar-refractivity contribution in [2.45, 2.75) is 46.1 Å². The molecular weight excluding hydrogens is 382 g/mol. The summed E-state index contributed by atoms with van der Waals surface area (Å²) in [6.07, 6.45) is -0.139. The Morgan fingerprint density at radius 3 is 2.07 bits per heavy atom. The zero-order valence-electron chi connectivity index (χ0n) is 17.9. The molecule has 7 nitrogen and oxygen atoms in total. The van der Waals surface area contributed by atoms with Crippen molar-refractivity contribution < 1.29 is 19.1 Å². The van der Waals surface area contributed by atoms with Crippen LogP contribution in [0.4, 0.5) is 16.2 Å². The normalized spacial score (nSPS) is 10.8. The Kier molecular flexibility index (Phi) is 7.98. The Morgan fingerprint density at radius 2 is 1.50 bits per heavy atom. The van der Waals surface area contributed by atoms with Crippen LogP contribution in [0.25, 0.3) is 0 Å². The fraction of sp³-hybridized carbons (Fsp3) is 0.348. The highest BCUT2D eigenvalue weighted by Gasteiger charge is 2.15. The first-order valence-electron chi connectivity index (χ1n) is 9.83. The molecule has 0 fully saturated rings. The number of carbonyl (C=O) groups excluding carboxylic acids is 3. The van der Waals surface area contributed by atoms with E-state index in [1.807, 2.05) is 31.2 Å². The number of nitrogens with one attached hydrogen (secondary N) is 3. The van der Waals surface area contributed by atoms with Gasteiger partial charge in [0, 0.05) is 24.3 Å². The minimum Gasteiger partial charge on any atom is -0.444 e. The van der Waals surface area contributed by atoms with Gasteiger partial charge in [0.2, 0.25) is 11.8 Å². The van der Waals surface area contributed by atoms with Crippen LogP contribution in [-0.4, -0.2) is 30.1 Å². The predicted molar refractivity (Wildman–Crippen MR) is 117 cm³/mol. The van der Waals surface area contributed by atoms with Crippen LogP contribution in [0, 0.1) is 6.92 Å². The summed E-state index contributed by atoms with van der Waals surface area (Å²) in [6.45, 7) is 7.48. The molecule has 0 aromatic heterocycles. The third kappa shape index (κ3) is 8.77. The highest BCUT2D eigenvalue weighted by molar-refractivity contribution is 5.94. The van der Waals surface area contributed by atoms with Gasteiger partial charge in [-0.05, 0) is 57.5 Å². The number of aryl methyl sites for hydroxylation is 1. The maximum Gasteiger partial charge on any atom is 0.407 e. The monoisotopic (exact) mass is 411 g/mol. The number of rotatable bonds is 7. The molecule has 0 bridgehead atoms. The van der Waals surface area contributed by atoms with Crippen LogP contribution >= 0.6 is 0 Å². The second-order valence-corrected chi connectivity index (χ2v) is 8.02. The number of amides is 3.